The molecule has 0 aliphatic rings. The molecule has 62 heavy (non-hydrogen) atoms. The minimum absolute atomic E-state index is 0.00770. The van der Waals surface area contributed by atoms with E-state index < -0.39 is 12.1 Å². The van der Waals surface area contributed by atoms with Crippen molar-refractivity contribution >= 4 is 11.9 Å². The molecule has 0 fully saturated rings. The number of aliphatic hydroxyl groups excluding tert-OH is 2. The Balaban J connectivity index is 3.44. The zero-order valence-electron chi connectivity index (χ0n) is 41.4. The maximum atomic E-state index is 12.4. The van der Waals surface area contributed by atoms with E-state index in [0.29, 0.717) is 19.4 Å². The van der Waals surface area contributed by atoms with Gasteiger partial charge in [0, 0.05) is 12.8 Å². The summed E-state index contributed by atoms with van der Waals surface area (Å²) in [6.07, 6.45) is 62.9. The molecule has 1 amide bonds. The summed E-state index contributed by atoms with van der Waals surface area (Å²) < 4.78 is 5.48. The largest absolute Gasteiger partial charge is 0.466 e. The van der Waals surface area contributed by atoms with Crippen molar-refractivity contribution in [3.8, 4) is 0 Å². The van der Waals surface area contributed by atoms with E-state index in [1.54, 1.807) is 6.08 Å². The summed E-state index contributed by atoms with van der Waals surface area (Å²) in [4.78, 5) is 24.5. The predicted molar refractivity (Wildman–Crippen MR) is 269 cm³/mol. The second-order valence-electron chi connectivity index (χ2n) is 18.6. The molecule has 6 heteroatoms. The molecule has 0 aliphatic carbocycles. The van der Waals surface area contributed by atoms with Crippen LogP contribution in [0.15, 0.2) is 36.5 Å². The molecule has 0 radical (unpaired) electrons. The van der Waals surface area contributed by atoms with Crippen molar-refractivity contribution in [2.24, 2.45) is 0 Å². The summed E-state index contributed by atoms with van der Waals surface area (Å²) in [6.45, 7) is 4.85. The van der Waals surface area contributed by atoms with Gasteiger partial charge in [0.25, 0.3) is 0 Å². The maximum absolute atomic E-state index is 12.4. The summed E-state index contributed by atoms with van der Waals surface area (Å²) in [5, 5.41) is 23.0. The fraction of sp³-hybridized carbons (Fsp3) is 0.857. The van der Waals surface area contributed by atoms with Gasteiger partial charge in [0.2, 0.25) is 5.91 Å². The SMILES string of the molecule is CCCCC/C=C\C/C=C\CCCCCCCCCCCC(=O)OCCCCCCCCCCCCCCCCC(=O)NC(CO)C(O)/C=C/CCCCCCCCCCCC. The molecule has 364 valence electrons. The van der Waals surface area contributed by atoms with Crippen LogP contribution < -0.4 is 5.32 Å². The van der Waals surface area contributed by atoms with Crippen LogP contribution in [0.2, 0.25) is 0 Å². The molecule has 0 saturated heterocycles. The normalized spacial score (nSPS) is 12.9. The average molecular weight is 872 g/mol. The Bertz CT molecular complexity index is 1010. The third kappa shape index (κ3) is 47.6. The number of unbranched alkanes of at least 4 members (excludes halogenated alkanes) is 35. The monoisotopic (exact) mass is 872 g/mol. The lowest BCUT2D eigenvalue weighted by Gasteiger charge is -2.20. The van der Waals surface area contributed by atoms with Crippen LogP contribution in [0.3, 0.4) is 0 Å². The molecule has 6 nitrogen and oxygen atoms in total. The summed E-state index contributed by atoms with van der Waals surface area (Å²) in [5.74, 6) is -0.0874. The molecule has 0 spiro atoms. The number of rotatable bonds is 50. The Morgan fingerprint density at radius 1 is 0.452 bits per heavy atom. The standard InChI is InChI=1S/C56H105NO5/c1-3-5-7-9-11-13-15-17-18-19-20-21-22-26-30-34-38-42-46-50-56(61)62-51-47-43-39-35-31-27-24-23-25-29-33-37-41-45-49-55(60)57-53(52-58)54(59)48-44-40-36-32-28-16-14-12-10-8-6-4-2/h11,13,17-18,44,48,53-54,58-59H,3-10,12,14-16,19-43,45-47,49-52H2,1-2H3,(H,57,60)/b13-11-,18-17-,48-44+. The van der Waals surface area contributed by atoms with E-state index in [1.165, 1.54) is 193 Å². The van der Waals surface area contributed by atoms with E-state index in [2.05, 4.69) is 43.5 Å². The van der Waals surface area contributed by atoms with E-state index in [0.717, 1.165) is 64.2 Å². The quantitative estimate of drug-likeness (QED) is 0.0321. The van der Waals surface area contributed by atoms with E-state index in [-0.39, 0.29) is 18.5 Å². The summed E-state index contributed by atoms with van der Waals surface area (Å²) in [5.41, 5.74) is 0. The Morgan fingerprint density at radius 3 is 1.26 bits per heavy atom. The number of nitrogens with one attached hydrogen (secondary N) is 1. The number of ether oxygens (including phenoxy) is 1. The van der Waals surface area contributed by atoms with Gasteiger partial charge in [0.05, 0.1) is 25.4 Å². The van der Waals surface area contributed by atoms with Gasteiger partial charge in [-0.2, -0.15) is 0 Å². The minimum Gasteiger partial charge on any atom is -0.466 e. The second kappa shape index (κ2) is 51.7. The number of hydrogen-bond donors (Lipinski definition) is 3. The highest BCUT2D eigenvalue weighted by atomic mass is 16.5. The van der Waals surface area contributed by atoms with E-state index in [4.69, 9.17) is 4.74 Å². The van der Waals surface area contributed by atoms with Crippen molar-refractivity contribution in [2.75, 3.05) is 13.2 Å². The zero-order chi connectivity index (χ0) is 45.1. The highest BCUT2D eigenvalue weighted by Gasteiger charge is 2.18. The fourth-order valence-electron chi connectivity index (χ4n) is 8.19. The van der Waals surface area contributed by atoms with Crippen LogP contribution in [0.25, 0.3) is 0 Å². The predicted octanol–water partition coefficient (Wildman–Crippen LogP) is 16.5. The van der Waals surface area contributed by atoms with Gasteiger partial charge < -0.3 is 20.3 Å². The molecular weight excluding hydrogens is 767 g/mol. The van der Waals surface area contributed by atoms with Crippen molar-refractivity contribution in [1.29, 1.82) is 0 Å². The fourth-order valence-corrected chi connectivity index (χ4v) is 8.19. The molecule has 0 saturated carbocycles. The molecule has 0 aromatic carbocycles. The summed E-state index contributed by atoms with van der Waals surface area (Å²) in [6, 6.07) is -0.635. The average Bonchev–Trinajstić information content (AvgIpc) is 3.27. The van der Waals surface area contributed by atoms with Crippen molar-refractivity contribution in [1.82, 2.24) is 5.32 Å². The molecule has 0 rings (SSSR count). The smallest absolute Gasteiger partial charge is 0.305 e. The van der Waals surface area contributed by atoms with Crippen molar-refractivity contribution in [2.45, 2.75) is 296 Å². The van der Waals surface area contributed by atoms with Crippen LogP contribution in [-0.2, 0) is 14.3 Å². The van der Waals surface area contributed by atoms with Crippen LogP contribution >= 0.6 is 0 Å². The Morgan fingerprint density at radius 2 is 0.806 bits per heavy atom. The lowest BCUT2D eigenvalue weighted by atomic mass is 10.0. The molecular formula is C56H105NO5. The van der Waals surface area contributed by atoms with Crippen LogP contribution in [0.5, 0.6) is 0 Å². The van der Waals surface area contributed by atoms with Gasteiger partial charge in [-0.25, -0.2) is 0 Å². The van der Waals surface area contributed by atoms with Gasteiger partial charge >= 0.3 is 5.97 Å². The molecule has 2 atom stereocenters. The molecule has 0 heterocycles. The Hall–Kier alpha value is -1.92. The Kier molecular flexibility index (Phi) is 50.1. The van der Waals surface area contributed by atoms with E-state index >= 15 is 0 Å². The first-order chi connectivity index (χ1) is 30.5. The van der Waals surface area contributed by atoms with Crippen LogP contribution in [-0.4, -0.2) is 47.4 Å². The van der Waals surface area contributed by atoms with Crippen molar-refractivity contribution in [3.05, 3.63) is 36.5 Å². The number of amides is 1. The first-order valence-corrected chi connectivity index (χ1v) is 27.3. The number of allylic oxidation sites excluding steroid dienone is 5. The molecule has 0 aliphatic heterocycles. The van der Waals surface area contributed by atoms with E-state index in [9.17, 15) is 19.8 Å². The molecule has 0 bridgehead atoms. The number of carbonyl (C=O) groups excluding carboxylic acids is 2. The minimum atomic E-state index is -0.851. The number of hydrogen-bond acceptors (Lipinski definition) is 5. The highest BCUT2D eigenvalue weighted by molar-refractivity contribution is 5.76. The van der Waals surface area contributed by atoms with Gasteiger partial charge in [-0.05, 0) is 64.2 Å². The molecule has 0 aromatic rings. The van der Waals surface area contributed by atoms with Crippen molar-refractivity contribution < 1.29 is 24.5 Å². The van der Waals surface area contributed by atoms with Gasteiger partial charge in [0.15, 0.2) is 0 Å². The topological polar surface area (TPSA) is 95.9 Å². The summed E-state index contributed by atoms with van der Waals surface area (Å²) >= 11 is 0. The van der Waals surface area contributed by atoms with Crippen molar-refractivity contribution in [3.63, 3.8) is 0 Å². The third-order valence-electron chi connectivity index (χ3n) is 12.4. The summed E-state index contributed by atoms with van der Waals surface area (Å²) in [7, 11) is 0. The number of esters is 1. The van der Waals surface area contributed by atoms with Gasteiger partial charge in [-0.3, -0.25) is 9.59 Å². The lowest BCUT2D eigenvalue weighted by Crippen LogP contribution is -2.45. The molecule has 3 N–H and O–H groups in total. The van der Waals surface area contributed by atoms with E-state index in [1.807, 2.05) is 6.08 Å². The lowest BCUT2D eigenvalue weighted by molar-refractivity contribution is -0.143. The first kappa shape index (κ1) is 60.1. The number of aliphatic hydroxyl groups is 2. The molecule has 0 aromatic heterocycles. The molecule has 2 unspecified atom stereocenters. The third-order valence-corrected chi connectivity index (χ3v) is 12.4. The second-order valence-corrected chi connectivity index (χ2v) is 18.6. The van der Waals surface area contributed by atoms with Crippen LogP contribution in [0.4, 0.5) is 0 Å². The highest BCUT2D eigenvalue weighted by Crippen LogP contribution is 2.16. The number of carbonyl (C=O) groups is 2. The Labute approximate surface area is 385 Å². The van der Waals surface area contributed by atoms with Crippen LogP contribution in [0.1, 0.15) is 284 Å². The first-order valence-electron chi connectivity index (χ1n) is 27.3. The van der Waals surface area contributed by atoms with Gasteiger partial charge in [-0.15, -0.1) is 0 Å². The van der Waals surface area contributed by atoms with Crippen LogP contribution in [0, 0.1) is 0 Å². The zero-order valence-corrected chi connectivity index (χ0v) is 41.4. The van der Waals surface area contributed by atoms with Gasteiger partial charge in [0.1, 0.15) is 0 Å². The maximum Gasteiger partial charge on any atom is 0.305 e. The van der Waals surface area contributed by atoms with Gasteiger partial charge in [-0.1, -0.05) is 243 Å².